The van der Waals surface area contributed by atoms with Gasteiger partial charge in [0.25, 0.3) is 5.56 Å². The van der Waals surface area contributed by atoms with Crippen LogP contribution < -0.4 is 11.3 Å². The highest BCUT2D eigenvalue weighted by Gasteiger charge is 2.38. The van der Waals surface area contributed by atoms with E-state index in [0.717, 1.165) is 0 Å². The van der Waals surface area contributed by atoms with Gasteiger partial charge in [-0.2, -0.15) is 13.2 Å². The van der Waals surface area contributed by atoms with E-state index in [9.17, 15) is 18.0 Å². The van der Waals surface area contributed by atoms with Crippen LogP contribution in [0.25, 0.3) is 11.0 Å². The lowest BCUT2D eigenvalue weighted by atomic mass is 10.5. The molecule has 2 aromatic rings. The van der Waals surface area contributed by atoms with Gasteiger partial charge in [0, 0.05) is 6.20 Å². The molecule has 0 aromatic carbocycles. The number of carboxylic acid groups (broad SMARTS) is 1. The van der Waals surface area contributed by atoms with Crippen molar-refractivity contribution in [2.45, 2.75) is 6.18 Å². The molecule has 0 saturated carbocycles. The maximum absolute atomic E-state index is 11.1. The number of nitrogens with two attached hydrogens (primary N) is 1. The van der Waals surface area contributed by atoms with Crippen molar-refractivity contribution in [3.8, 4) is 0 Å². The summed E-state index contributed by atoms with van der Waals surface area (Å²) in [4.78, 5) is 29.0. The number of H-pyrrole nitrogens is 2. The first-order valence-electron chi connectivity index (χ1n) is 4.35. The Morgan fingerprint density at radius 2 is 2.00 bits per heavy atom. The van der Waals surface area contributed by atoms with Crippen LogP contribution in [0.5, 0.6) is 0 Å². The van der Waals surface area contributed by atoms with Crippen molar-refractivity contribution in [2.24, 2.45) is 0 Å². The Morgan fingerprint density at radius 1 is 1.44 bits per heavy atom. The van der Waals surface area contributed by atoms with E-state index in [1.165, 1.54) is 0 Å². The van der Waals surface area contributed by atoms with E-state index in [2.05, 4.69) is 15.0 Å². The molecule has 0 atom stereocenters. The molecule has 0 aliphatic carbocycles. The van der Waals surface area contributed by atoms with Gasteiger partial charge in [-0.3, -0.25) is 9.78 Å². The van der Waals surface area contributed by atoms with Crippen LogP contribution in [0, 0.1) is 0 Å². The van der Waals surface area contributed by atoms with Crippen LogP contribution >= 0.6 is 0 Å². The van der Waals surface area contributed by atoms with Gasteiger partial charge < -0.3 is 15.8 Å². The topological polar surface area (TPSA) is 125 Å². The number of anilines is 1. The summed E-state index contributed by atoms with van der Waals surface area (Å²) in [6.45, 7) is 0. The number of rotatable bonds is 0. The van der Waals surface area contributed by atoms with Crippen LogP contribution in [0.2, 0.25) is 0 Å². The molecule has 2 rings (SSSR count). The summed E-state index contributed by atoms with van der Waals surface area (Å²) in [5.41, 5.74) is 6.11. The largest absolute Gasteiger partial charge is 0.490 e. The second-order valence-corrected chi connectivity index (χ2v) is 2.99. The molecule has 0 spiro atoms. The highest BCUT2D eigenvalue weighted by Crippen LogP contribution is 2.13. The van der Waals surface area contributed by atoms with Gasteiger partial charge >= 0.3 is 12.1 Å². The number of aliphatic carboxylic acids is 1. The Hall–Kier alpha value is -2.52. The zero-order valence-electron chi connectivity index (χ0n) is 8.58. The summed E-state index contributed by atoms with van der Waals surface area (Å²) in [6, 6.07) is 1.70. The fourth-order valence-corrected chi connectivity index (χ4v) is 0.973. The minimum Gasteiger partial charge on any atom is -0.475 e. The SMILES string of the molecule is Nc1nc2cc[nH]c2c(=O)[nH]1.O=C(O)C(F)(F)F. The van der Waals surface area contributed by atoms with E-state index in [-0.39, 0.29) is 11.5 Å². The molecule has 10 heteroatoms. The Bertz CT molecular complexity index is 616. The Balaban J connectivity index is 0.000000203. The van der Waals surface area contributed by atoms with Gasteiger partial charge in [0.1, 0.15) is 5.52 Å². The fraction of sp³-hybridized carbons (Fsp3) is 0.125. The molecular weight excluding hydrogens is 257 g/mol. The average molecular weight is 264 g/mol. The molecule has 0 aliphatic rings. The number of carbonyl (C=O) groups is 1. The standard InChI is InChI=1S/C6H6N4O.C2HF3O2/c7-6-9-3-1-2-8-4(3)5(11)10-6;3-2(4,5)1(6)7/h1-2,8H,(H3,7,9,10,11);(H,6,7). The lowest BCUT2D eigenvalue weighted by Crippen LogP contribution is -2.21. The van der Waals surface area contributed by atoms with E-state index in [4.69, 9.17) is 15.6 Å². The van der Waals surface area contributed by atoms with Crippen molar-refractivity contribution in [3.63, 3.8) is 0 Å². The van der Waals surface area contributed by atoms with Crippen molar-refractivity contribution >= 4 is 23.0 Å². The van der Waals surface area contributed by atoms with E-state index in [1.807, 2.05) is 0 Å². The maximum Gasteiger partial charge on any atom is 0.490 e. The predicted octanol–water partition coefficient (Wildman–Crippen LogP) is 0.467. The van der Waals surface area contributed by atoms with E-state index in [0.29, 0.717) is 11.0 Å². The second-order valence-electron chi connectivity index (χ2n) is 2.99. The summed E-state index contributed by atoms with van der Waals surface area (Å²) in [5, 5.41) is 7.12. The monoisotopic (exact) mass is 264 g/mol. The average Bonchev–Trinajstić information content (AvgIpc) is 2.64. The van der Waals surface area contributed by atoms with Gasteiger partial charge in [-0.1, -0.05) is 0 Å². The first-order chi connectivity index (χ1) is 8.21. The van der Waals surface area contributed by atoms with E-state index in [1.54, 1.807) is 12.3 Å². The third kappa shape index (κ3) is 3.23. The third-order valence-electron chi connectivity index (χ3n) is 1.68. The second kappa shape index (κ2) is 4.77. The number of aromatic amines is 2. The number of aromatic nitrogens is 3. The summed E-state index contributed by atoms with van der Waals surface area (Å²) in [5.74, 6) is -2.62. The minimum absolute atomic E-state index is 0.141. The number of fused-ring (bicyclic) bond motifs is 1. The van der Waals surface area contributed by atoms with Gasteiger partial charge in [0.2, 0.25) is 5.95 Å². The normalized spacial score (nSPS) is 10.8. The maximum atomic E-state index is 11.1. The number of alkyl halides is 3. The zero-order chi connectivity index (χ0) is 13.9. The number of hydrogen-bond acceptors (Lipinski definition) is 4. The summed E-state index contributed by atoms with van der Waals surface area (Å²) < 4.78 is 31.7. The number of hydrogen-bond donors (Lipinski definition) is 4. The third-order valence-corrected chi connectivity index (χ3v) is 1.68. The van der Waals surface area contributed by atoms with Crippen LogP contribution in [-0.4, -0.2) is 32.2 Å². The van der Waals surface area contributed by atoms with Crippen molar-refractivity contribution in [3.05, 3.63) is 22.6 Å². The van der Waals surface area contributed by atoms with Crippen molar-refractivity contribution in [1.29, 1.82) is 0 Å². The van der Waals surface area contributed by atoms with Crippen LogP contribution in [0.15, 0.2) is 17.1 Å². The minimum atomic E-state index is -5.08. The van der Waals surface area contributed by atoms with Crippen LogP contribution in [-0.2, 0) is 4.79 Å². The van der Waals surface area contributed by atoms with Gasteiger partial charge in [0.15, 0.2) is 0 Å². The molecule has 0 fully saturated rings. The number of halogens is 3. The lowest BCUT2D eigenvalue weighted by molar-refractivity contribution is -0.192. The molecule has 2 aromatic heterocycles. The first-order valence-corrected chi connectivity index (χ1v) is 4.35. The first kappa shape index (κ1) is 13.5. The predicted molar refractivity (Wildman–Crippen MR) is 54.8 cm³/mol. The number of nitrogens with zero attached hydrogens (tertiary/aromatic N) is 1. The molecule has 0 amide bonds. The molecule has 98 valence electrons. The van der Waals surface area contributed by atoms with Crippen LogP contribution in [0.4, 0.5) is 19.1 Å². The van der Waals surface area contributed by atoms with Gasteiger partial charge in [-0.05, 0) is 6.07 Å². The molecule has 0 saturated heterocycles. The summed E-state index contributed by atoms with van der Waals surface area (Å²) in [6.07, 6.45) is -3.44. The fourth-order valence-electron chi connectivity index (χ4n) is 0.973. The molecule has 0 unspecified atom stereocenters. The quantitative estimate of drug-likeness (QED) is 0.550. The highest BCUT2D eigenvalue weighted by molar-refractivity contribution is 5.74. The highest BCUT2D eigenvalue weighted by atomic mass is 19.4. The van der Waals surface area contributed by atoms with E-state index < -0.39 is 12.1 Å². The van der Waals surface area contributed by atoms with Crippen molar-refractivity contribution in [2.75, 3.05) is 5.73 Å². The Morgan fingerprint density at radius 3 is 2.50 bits per heavy atom. The van der Waals surface area contributed by atoms with Crippen molar-refractivity contribution < 1.29 is 23.1 Å². The molecule has 0 radical (unpaired) electrons. The zero-order valence-corrected chi connectivity index (χ0v) is 8.58. The van der Waals surface area contributed by atoms with Gasteiger partial charge in [0.05, 0.1) is 5.52 Å². The molecule has 0 bridgehead atoms. The molecular formula is C8H7F3N4O3. The number of nitrogens with one attached hydrogen (secondary N) is 2. The molecule has 2 heterocycles. The van der Waals surface area contributed by atoms with E-state index >= 15 is 0 Å². The lowest BCUT2D eigenvalue weighted by Gasteiger charge is -1.93. The molecule has 7 nitrogen and oxygen atoms in total. The van der Waals surface area contributed by atoms with Crippen LogP contribution in [0.1, 0.15) is 0 Å². The summed E-state index contributed by atoms with van der Waals surface area (Å²) >= 11 is 0. The number of carboxylic acids is 1. The molecule has 18 heavy (non-hydrogen) atoms. The Labute approximate surface area is 96.5 Å². The molecule has 0 aliphatic heterocycles. The van der Waals surface area contributed by atoms with Gasteiger partial charge in [-0.15, -0.1) is 0 Å². The smallest absolute Gasteiger partial charge is 0.475 e. The summed E-state index contributed by atoms with van der Waals surface area (Å²) in [7, 11) is 0. The van der Waals surface area contributed by atoms with Gasteiger partial charge in [-0.25, -0.2) is 9.78 Å². The Kier molecular flexibility index (Phi) is 3.59. The molecule has 5 N–H and O–H groups in total. The number of nitrogen functional groups attached to an aromatic ring is 1. The van der Waals surface area contributed by atoms with Crippen molar-refractivity contribution in [1.82, 2.24) is 15.0 Å². The van der Waals surface area contributed by atoms with Crippen LogP contribution in [0.3, 0.4) is 0 Å².